The van der Waals surface area contributed by atoms with E-state index in [1.54, 1.807) is 12.1 Å². The van der Waals surface area contributed by atoms with Gasteiger partial charge in [-0.2, -0.15) is 0 Å². The van der Waals surface area contributed by atoms with Crippen LogP contribution in [0.4, 0.5) is 13.2 Å². The van der Waals surface area contributed by atoms with Crippen LogP contribution in [0.5, 0.6) is 5.75 Å². The van der Waals surface area contributed by atoms with Gasteiger partial charge in [-0.1, -0.05) is 19.1 Å². The van der Waals surface area contributed by atoms with Crippen LogP contribution < -0.4 is 10.1 Å². The number of carbonyl (C=O) groups excluding carboxylic acids is 1. The van der Waals surface area contributed by atoms with Gasteiger partial charge >= 0.3 is 6.36 Å². The lowest BCUT2D eigenvalue weighted by molar-refractivity contribution is -0.274. The summed E-state index contributed by atoms with van der Waals surface area (Å²) >= 11 is 0. The van der Waals surface area contributed by atoms with Crippen LogP contribution in [0.3, 0.4) is 0 Å². The smallest absolute Gasteiger partial charge is 0.406 e. The lowest BCUT2D eigenvalue weighted by Gasteiger charge is -2.14. The number of likely N-dealkylation sites (tertiary alicyclic amines) is 1. The number of hydrogen-bond acceptors (Lipinski definition) is 3. The van der Waals surface area contributed by atoms with Crippen molar-refractivity contribution in [1.82, 2.24) is 10.2 Å². The first-order chi connectivity index (χ1) is 10.8. The highest BCUT2D eigenvalue weighted by atomic mass is 19.4. The maximum absolute atomic E-state index is 12.1. The Labute approximate surface area is 133 Å². The summed E-state index contributed by atoms with van der Waals surface area (Å²) in [5, 5.41) is 2.83. The number of amides is 1. The molecular weight excluding hydrogens is 309 g/mol. The first-order valence-electron chi connectivity index (χ1n) is 7.65. The van der Waals surface area contributed by atoms with Crippen molar-refractivity contribution in [2.45, 2.75) is 26.1 Å². The molecule has 7 heteroatoms. The summed E-state index contributed by atoms with van der Waals surface area (Å²) in [6, 6.07) is 5.68. The molecule has 1 aliphatic heterocycles. The molecule has 1 amide bonds. The Hall–Kier alpha value is -1.76. The molecule has 1 aromatic carbocycles. The molecule has 1 fully saturated rings. The molecule has 1 atom stereocenters. The molecule has 1 unspecified atom stereocenters. The van der Waals surface area contributed by atoms with Gasteiger partial charge in [0.2, 0.25) is 5.91 Å². The lowest BCUT2D eigenvalue weighted by Crippen LogP contribution is -2.36. The van der Waals surface area contributed by atoms with Crippen molar-refractivity contribution in [3.8, 4) is 5.75 Å². The Morgan fingerprint density at radius 1 is 1.35 bits per heavy atom. The molecule has 0 aromatic heterocycles. The zero-order valence-electron chi connectivity index (χ0n) is 13.0. The van der Waals surface area contributed by atoms with Gasteiger partial charge in [0.25, 0.3) is 0 Å². The summed E-state index contributed by atoms with van der Waals surface area (Å²) in [5.74, 6) is 0.379. The standard InChI is InChI=1S/C16H21F3N2O2/c1-12-7-9-21(10-12)11-15(22)20-8-6-13-2-4-14(5-3-13)23-16(17,18)19/h2-5,12H,6-11H2,1H3,(H,20,22). The van der Waals surface area contributed by atoms with Crippen molar-refractivity contribution in [3.63, 3.8) is 0 Å². The van der Waals surface area contributed by atoms with Crippen molar-refractivity contribution < 1.29 is 22.7 Å². The monoisotopic (exact) mass is 330 g/mol. The van der Waals surface area contributed by atoms with Crippen molar-refractivity contribution in [3.05, 3.63) is 29.8 Å². The lowest BCUT2D eigenvalue weighted by atomic mass is 10.1. The number of ether oxygens (including phenoxy) is 1. The van der Waals surface area contributed by atoms with Gasteiger partial charge in [0, 0.05) is 13.1 Å². The van der Waals surface area contributed by atoms with E-state index in [4.69, 9.17) is 0 Å². The third-order valence-electron chi connectivity index (χ3n) is 3.77. The van der Waals surface area contributed by atoms with Gasteiger partial charge in [-0.25, -0.2) is 0 Å². The second kappa shape index (κ2) is 7.68. The fraction of sp³-hybridized carbons (Fsp3) is 0.562. The van der Waals surface area contributed by atoms with Crippen LogP contribution in [0.1, 0.15) is 18.9 Å². The van der Waals surface area contributed by atoms with E-state index in [0.29, 0.717) is 25.4 Å². The molecule has 0 spiro atoms. The van der Waals surface area contributed by atoms with Gasteiger partial charge in [-0.3, -0.25) is 9.69 Å². The molecule has 4 nitrogen and oxygen atoms in total. The maximum atomic E-state index is 12.1. The fourth-order valence-corrected chi connectivity index (χ4v) is 2.63. The number of halogens is 3. The summed E-state index contributed by atoms with van der Waals surface area (Å²) in [7, 11) is 0. The largest absolute Gasteiger partial charge is 0.573 e. The summed E-state index contributed by atoms with van der Waals surface area (Å²) in [4.78, 5) is 13.9. The van der Waals surface area contributed by atoms with Crippen molar-refractivity contribution in [1.29, 1.82) is 0 Å². The van der Waals surface area contributed by atoms with E-state index in [2.05, 4.69) is 21.9 Å². The third kappa shape index (κ3) is 6.48. The van der Waals surface area contributed by atoms with Crippen LogP contribution >= 0.6 is 0 Å². The number of nitrogens with one attached hydrogen (secondary N) is 1. The summed E-state index contributed by atoms with van der Waals surface area (Å²) < 4.78 is 40.0. The van der Waals surface area contributed by atoms with Crippen LogP contribution in [0.15, 0.2) is 24.3 Å². The normalized spacial score (nSPS) is 18.9. The molecule has 1 saturated heterocycles. The van der Waals surface area contributed by atoms with Gasteiger partial charge in [0.15, 0.2) is 0 Å². The Balaban J connectivity index is 1.68. The molecule has 1 aliphatic rings. The number of carbonyl (C=O) groups is 1. The molecule has 0 radical (unpaired) electrons. The Bertz CT molecular complexity index is 517. The van der Waals surface area contributed by atoms with E-state index in [-0.39, 0.29) is 11.7 Å². The zero-order valence-corrected chi connectivity index (χ0v) is 13.0. The van der Waals surface area contributed by atoms with E-state index in [9.17, 15) is 18.0 Å². The Morgan fingerprint density at radius 2 is 2.04 bits per heavy atom. The van der Waals surface area contributed by atoms with E-state index in [1.165, 1.54) is 12.1 Å². The molecule has 0 bridgehead atoms. The topological polar surface area (TPSA) is 41.6 Å². The highest BCUT2D eigenvalue weighted by molar-refractivity contribution is 5.78. The first-order valence-corrected chi connectivity index (χ1v) is 7.65. The van der Waals surface area contributed by atoms with Gasteiger partial charge in [0.05, 0.1) is 6.54 Å². The predicted octanol–water partition coefficient (Wildman–Crippen LogP) is 2.59. The Morgan fingerprint density at radius 3 is 2.61 bits per heavy atom. The van der Waals surface area contributed by atoms with Crippen LogP contribution in [0, 0.1) is 5.92 Å². The van der Waals surface area contributed by atoms with E-state index in [0.717, 1.165) is 25.1 Å². The van der Waals surface area contributed by atoms with Crippen molar-refractivity contribution in [2.24, 2.45) is 5.92 Å². The minimum absolute atomic E-state index is 0.0175. The first kappa shape index (κ1) is 17.6. The Kier molecular flexibility index (Phi) is 5.87. The minimum atomic E-state index is -4.68. The molecule has 1 N–H and O–H groups in total. The van der Waals surface area contributed by atoms with Gasteiger partial charge in [-0.15, -0.1) is 13.2 Å². The van der Waals surface area contributed by atoms with Crippen LogP contribution in [-0.4, -0.2) is 43.3 Å². The average molecular weight is 330 g/mol. The second-order valence-corrected chi connectivity index (χ2v) is 5.92. The molecule has 0 saturated carbocycles. The summed E-state index contributed by atoms with van der Waals surface area (Å²) in [5.41, 5.74) is 0.842. The minimum Gasteiger partial charge on any atom is -0.406 e. The fourth-order valence-electron chi connectivity index (χ4n) is 2.63. The molecule has 128 valence electrons. The zero-order chi connectivity index (χ0) is 16.9. The molecule has 1 heterocycles. The molecule has 23 heavy (non-hydrogen) atoms. The molecule has 0 aliphatic carbocycles. The van der Waals surface area contributed by atoms with Gasteiger partial charge in [-0.05, 0) is 43.0 Å². The van der Waals surface area contributed by atoms with Crippen LogP contribution in [0.2, 0.25) is 0 Å². The average Bonchev–Trinajstić information content (AvgIpc) is 2.84. The summed E-state index contributed by atoms with van der Waals surface area (Å²) in [6.07, 6.45) is -2.99. The number of rotatable bonds is 6. The molecular formula is C16H21F3N2O2. The molecule has 1 aromatic rings. The number of benzene rings is 1. The number of nitrogens with zero attached hydrogens (tertiary/aromatic N) is 1. The highest BCUT2D eigenvalue weighted by Gasteiger charge is 2.30. The van der Waals surface area contributed by atoms with Gasteiger partial charge in [0.1, 0.15) is 5.75 Å². The third-order valence-corrected chi connectivity index (χ3v) is 3.77. The van der Waals surface area contributed by atoms with E-state index < -0.39 is 6.36 Å². The van der Waals surface area contributed by atoms with Gasteiger partial charge < -0.3 is 10.1 Å². The van der Waals surface area contributed by atoms with E-state index >= 15 is 0 Å². The van der Waals surface area contributed by atoms with E-state index in [1.807, 2.05) is 0 Å². The maximum Gasteiger partial charge on any atom is 0.573 e. The second-order valence-electron chi connectivity index (χ2n) is 5.92. The predicted molar refractivity (Wildman–Crippen MR) is 80.1 cm³/mol. The van der Waals surface area contributed by atoms with Crippen molar-refractivity contribution in [2.75, 3.05) is 26.2 Å². The molecule has 2 rings (SSSR count). The highest BCUT2D eigenvalue weighted by Crippen LogP contribution is 2.22. The number of hydrogen-bond donors (Lipinski definition) is 1. The van der Waals surface area contributed by atoms with Crippen LogP contribution in [0.25, 0.3) is 0 Å². The summed E-state index contributed by atoms with van der Waals surface area (Å²) in [6.45, 7) is 4.94. The number of alkyl halides is 3. The van der Waals surface area contributed by atoms with Crippen molar-refractivity contribution >= 4 is 5.91 Å². The quantitative estimate of drug-likeness (QED) is 0.872. The SMILES string of the molecule is CC1CCN(CC(=O)NCCc2ccc(OC(F)(F)F)cc2)C1. The van der Waals surface area contributed by atoms with Crippen LogP contribution in [-0.2, 0) is 11.2 Å².